The van der Waals surface area contributed by atoms with Gasteiger partial charge >= 0.3 is 6.09 Å². The van der Waals surface area contributed by atoms with Gasteiger partial charge in [-0.25, -0.2) is 4.79 Å². The molecule has 0 spiro atoms. The number of hydrogen-bond acceptors (Lipinski definition) is 6. The molecule has 0 radical (unpaired) electrons. The van der Waals surface area contributed by atoms with Gasteiger partial charge in [-0.15, -0.1) is 0 Å². The van der Waals surface area contributed by atoms with Crippen molar-refractivity contribution in [3.05, 3.63) is 24.3 Å². The number of nitrogens with one attached hydrogen (secondary N) is 3. The molecule has 1 amide bonds. The lowest BCUT2D eigenvalue weighted by Crippen LogP contribution is -2.21. The molecule has 1 aromatic rings. The van der Waals surface area contributed by atoms with Gasteiger partial charge in [-0.3, -0.25) is 16.2 Å². The number of methoxy groups -OCH3 is 1. The average molecular weight is 260 g/mol. The van der Waals surface area contributed by atoms with E-state index in [-0.39, 0.29) is 5.71 Å². The highest BCUT2D eigenvalue weighted by Crippen LogP contribution is 2.13. The molecule has 8 nitrogen and oxygen atoms in total. The zero-order valence-electron chi connectivity index (χ0n) is 10.1. The largest absolute Gasteiger partial charge is 0.453 e. The van der Waals surface area contributed by atoms with Crippen LogP contribution in [0.2, 0.25) is 0 Å². The van der Waals surface area contributed by atoms with E-state index in [0.29, 0.717) is 11.4 Å². The number of amidine groups is 1. The van der Waals surface area contributed by atoms with Crippen LogP contribution in [0.4, 0.5) is 16.2 Å². The van der Waals surface area contributed by atoms with Crippen LogP contribution in [0.15, 0.2) is 29.4 Å². The maximum Gasteiger partial charge on any atom is 0.411 e. The number of benzene rings is 1. The Morgan fingerprint density at radius 2 is 2.00 bits per heavy atom. The molecule has 1 rings (SSSR count). The van der Waals surface area contributed by atoms with E-state index >= 15 is 0 Å². The molecule has 0 saturated carbocycles. The smallest absolute Gasteiger partial charge is 0.411 e. The van der Waals surface area contributed by atoms with Crippen LogP contribution in [0.5, 0.6) is 0 Å². The zero-order valence-corrected chi connectivity index (χ0v) is 10.1. The standard InChI is InChI=1S/C11H12N6O2/c1-19-11(18)15-7-2-4-8(5-3-7)16-17-9(6-12)10(13)14/h2-5,16H,1H3,(H3,13,14)(H,15,18)/b17-9+. The Kier molecular flexibility index (Phi) is 4.86. The highest BCUT2D eigenvalue weighted by molar-refractivity contribution is 6.45. The summed E-state index contributed by atoms with van der Waals surface area (Å²) >= 11 is 0. The molecule has 19 heavy (non-hydrogen) atoms. The Morgan fingerprint density at radius 1 is 1.42 bits per heavy atom. The topological polar surface area (TPSA) is 136 Å². The Hall–Kier alpha value is -3.08. The molecule has 0 aliphatic rings. The lowest BCUT2D eigenvalue weighted by Gasteiger charge is -2.05. The first-order valence-corrected chi connectivity index (χ1v) is 5.10. The number of nitrogens with zero attached hydrogens (tertiary/aromatic N) is 2. The molecule has 1 aromatic carbocycles. The highest BCUT2D eigenvalue weighted by Gasteiger charge is 2.02. The minimum atomic E-state index is -0.568. The molecule has 0 fully saturated rings. The Labute approximate surface area is 109 Å². The van der Waals surface area contributed by atoms with Gasteiger partial charge in [-0.2, -0.15) is 10.4 Å². The molecule has 5 N–H and O–H groups in total. The van der Waals surface area contributed by atoms with E-state index in [1.807, 2.05) is 0 Å². The summed E-state index contributed by atoms with van der Waals surface area (Å²) in [6.45, 7) is 0. The van der Waals surface area contributed by atoms with Gasteiger partial charge in [0.2, 0.25) is 5.71 Å². The predicted octanol–water partition coefficient (Wildman–Crippen LogP) is 1.09. The van der Waals surface area contributed by atoms with Gasteiger partial charge in [-0.1, -0.05) is 0 Å². The second-order valence-electron chi connectivity index (χ2n) is 3.29. The third-order valence-electron chi connectivity index (χ3n) is 1.97. The summed E-state index contributed by atoms with van der Waals surface area (Å²) in [6, 6.07) is 8.18. The lowest BCUT2D eigenvalue weighted by molar-refractivity contribution is 0.187. The Morgan fingerprint density at radius 3 is 2.47 bits per heavy atom. The first kappa shape index (κ1) is 14.0. The van der Waals surface area contributed by atoms with Crippen LogP contribution in [-0.2, 0) is 4.74 Å². The molecular weight excluding hydrogens is 248 g/mol. The van der Waals surface area contributed by atoms with Crippen LogP contribution >= 0.6 is 0 Å². The van der Waals surface area contributed by atoms with E-state index in [1.54, 1.807) is 30.3 Å². The molecular formula is C11H12N6O2. The number of anilines is 2. The van der Waals surface area contributed by atoms with Gasteiger partial charge in [0.1, 0.15) is 6.07 Å². The summed E-state index contributed by atoms with van der Waals surface area (Å²) in [7, 11) is 1.27. The highest BCUT2D eigenvalue weighted by atomic mass is 16.5. The van der Waals surface area contributed by atoms with E-state index < -0.39 is 11.9 Å². The lowest BCUT2D eigenvalue weighted by atomic mass is 10.3. The summed E-state index contributed by atoms with van der Waals surface area (Å²) in [6.07, 6.45) is -0.568. The van der Waals surface area contributed by atoms with Gasteiger partial charge < -0.3 is 10.5 Å². The fourth-order valence-corrected chi connectivity index (χ4v) is 1.06. The van der Waals surface area contributed by atoms with E-state index in [2.05, 4.69) is 20.6 Å². The summed E-state index contributed by atoms with van der Waals surface area (Å²) in [4.78, 5) is 11.0. The minimum Gasteiger partial charge on any atom is -0.453 e. The normalized spacial score (nSPS) is 10.2. The number of carbonyl (C=O) groups excluding carboxylic acids is 1. The van der Waals surface area contributed by atoms with Crippen molar-refractivity contribution in [2.24, 2.45) is 10.8 Å². The summed E-state index contributed by atoms with van der Waals surface area (Å²) in [5, 5.41) is 21.9. The molecule has 0 saturated heterocycles. The van der Waals surface area contributed by atoms with Crippen molar-refractivity contribution >= 4 is 29.0 Å². The monoisotopic (exact) mass is 260 g/mol. The van der Waals surface area contributed by atoms with Crippen molar-refractivity contribution in [1.29, 1.82) is 10.7 Å². The number of nitrogens with two attached hydrogens (primary N) is 1. The SMILES string of the molecule is COC(=O)Nc1ccc(N/N=C(\C#N)C(=N)N)cc1. The van der Waals surface area contributed by atoms with Crippen molar-refractivity contribution in [3.8, 4) is 6.07 Å². The van der Waals surface area contributed by atoms with Gasteiger partial charge in [0.15, 0.2) is 5.84 Å². The summed E-state index contributed by atoms with van der Waals surface area (Å²) in [5.41, 5.74) is 8.62. The minimum absolute atomic E-state index is 0.211. The summed E-state index contributed by atoms with van der Waals surface area (Å²) < 4.78 is 4.44. The average Bonchev–Trinajstić information content (AvgIpc) is 2.40. The molecule has 0 heterocycles. The second-order valence-corrected chi connectivity index (χ2v) is 3.29. The van der Waals surface area contributed by atoms with Crippen LogP contribution in [0.25, 0.3) is 0 Å². The number of ether oxygens (including phenoxy) is 1. The first-order chi connectivity index (χ1) is 9.06. The molecule has 0 aromatic heterocycles. The van der Waals surface area contributed by atoms with Gasteiger partial charge in [0.25, 0.3) is 0 Å². The Bertz CT molecular complexity index is 543. The maximum absolute atomic E-state index is 11.0. The predicted molar refractivity (Wildman–Crippen MR) is 71.1 cm³/mol. The van der Waals surface area contributed by atoms with Crippen LogP contribution < -0.4 is 16.5 Å². The zero-order chi connectivity index (χ0) is 14.3. The quantitative estimate of drug-likeness (QED) is 0.365. The number of carbonyl (C=O) groups is 1. The maximum atomic E-state index is 11.0. The van der Waals surface area contributed by atoms with Gasteiger partial charge in [0, 0.05) is 5.69 Å². The fourth-order valence-electron chi connectivity index (χ4n) is 1.06. The number of hydrazone groups is 1. The van der Waals surface area contributed by atoms with Crippen molar-refractivity contribution in [2.75, 3.05) is 17.9 Å². The molecule has 0 bridgehead atoms. The van der Waals surface area contributed by atoms with Crippen LogP contribution in [0.1, 0.15) is 0 Å². The third-order valence-corrected chi connectivity index (χ3v) is 1.97. The van der Waals surface area contributed by atoms with Crippen LogP contribution in [0, 0.1) is 16.7 Å². The number of rotatable bonds is 4. The summed E-state index contributed by atoms with van der Waals surface area (Å²) in [5.74, 6) is -0.418. The van der Waals surface area contributed by atoms with E-state index in [4.69, 9.17) is 16.4 Å². The first-order valence-electron chi connectivity index (χ1n) is 5.10. The second kappa shape index (κ2) is 6.61. The Balaban J connectivity index is 2.70. The fraction of sp³-hybridized carbons (Fsp3) is 0.0909. The molecule has 98 valence electrons. The van der Waals surface area contributed by atoms with Crippen LogP contribution in [-0.4, -0.2) is 24.8 Å². The van der Waals surface area contributed by atoms with Crippen molar-refractivity contribution < 1.29 is 9.53 Å². The third kappa shape index (κ3) is 4.35. The van der Waals surface area contributed by atoms with Gasteiger partial charge in [-0.05, 0) is 24.3 Å². The molecule has 0 aliphatic heterocycles. The van der Waals surface area contributed by atoms with E-state index in [0.717, 1.165) is 0 Å². The van der Waals surface area contributed by atoms with Crippen molar-refractivity contribution in [3.63, 3.8) is 0 Å². The van der Waals surface area contributed by atoms with E-state index in [1.165, 1.54) is 7.11 Å². The number of hydrogen-bond donors (Lipinski definition) is 4. The molecule has 0 unspecified atom stereocenters. The van der Waals surface area contributed by atoms with Crippen molar-refractivity contribution in [2.45, 2.75) is 0 Å². The van der Waals surface area contributed by atoms with Crippen molar-refractivity contribution in [1.82, 2.24) is 0 Å². The molecule has 8 heteroatoms. The van der Waals surface area contributed by atoms with Gasteiger partial charge in [0.05, 0.1) is 12.8 Å². The number of nitriles is 1. The molecule has 0 aliphatic carbocycles. The molecule has 0 atom stereocenters. The van der Waals surface area contributed by atoms with Crippen LogP contribution in [0.3, 0.4) is 0 Å². The van der Waals surface area contributed by atoms with E-state index in [9.17, 15) is 4.79 Å². The number of amides is 1.